The zero-order valence-corrected chi connectivity index (χ0v) is 16.8. The Bertz CT molecular complexity index is 545. The van der Waals surface area contributed by atoms with Crippen LogP contribution in [0, 0.1) is 5.92 Å². The van der Waals surface area contributed by atoms with E-state index >= 15 is 0 Å². The van der Waals surface area contributed by atoms with Gasteiger partial charge in [0.1, 0.15) is 18.1 Å². The maximum atomic E-state index is 12.6. The highest BCUT2D eigenvalue weighted by Gasteiger charge is 2.33. The number of carboxylic acids is 1. The second kappa shape index (κ2) is 11.8. The summed E-state index contributed by atoms with van der Waals surface area (Å²) in [6.07, 6.45) is -0.737. The Morgan fingerprint density at radius 3 is 1.85 bits per heavy atom. The third-order valence-corrected chi connectivity index (χ3v) is 4.51. The van der Waals surface area contributed by atoms with Gasteiger partial charge in [-0.2, -0.15) is 12.6 Å². The molecule has 0 bridgehead atoms. The van der Waals surface area contributed by atoms with Gasteiger partial charge < -0.3 is 31.9 Å². The largest absolute Gasteiger partial charge is 0.480 e. The molecule has 10 nitrogen and oxygen atoms in total. The molecule has 0 aliphatic carbocycles. The second-order valence-corrected chi connectivity index (χ2v) is 6.82. The second-order valence-electron chi connectivity index (χ2n) is 6.46. The van der Waals surface area contributed by atoms with E-state index in [4.69, 9.17) is 10.8 Å². The third kappa shape index (κ3) is 8.14. The van der Waals surface area contributed by atoms with Crippen molar-refractivity contribution in [2.75, 3.05) is 5.75 Å². The smallest absolute Gasteiger partial charge is 0.325 e. The van der Waals surface area contributed by atoms with Crippen LogP contribution in [0.4, 0.5) is 0 Å². The lowest BCUT2D eigenvalue weighted by molar-refractivity contribution is -0.142. The maximum Gasteiger partial charge on any atom is 0.325 e. The van der Waals surface area contributed by atoms with Gasteiger partial charge in [0.25, 0.3) is 0 Å². The molecular weight excluding hydrogens is 376 g/mol. The molecule has 0 fully saturated rings. The first-order valence-electron chi connectivity index (χ1n) is 8.64. The Morgan fingerprint density at radius 1 is 0.963 bits per heavy atom. The first-order chi connectivity index (χ1) is 12.5. The molecule has 156 valence electrons. The molecule has 0 spiro atoms. The van der Waals surface area contributed by atoms with Gasteiger partial charge in [-0.05, 0) is 19.8 Å². The molecule has 0 aliphatic heterocycles. The SMILES string of the molecule is CCC(C)C(NC(=O)C(N)CS)C(=O)NC(C(=O)NC(C)C(=O)O)C(C)O. The standard InChI is InChI=1S/C16H30N4O6S/c1-5-7(2)11(19-13(22)10(17)6-27)14(23)20-12(9(4)21)15(24)18-8(3)16(25)26/h7-12,21,27H,5-6,17H2,1-4H3,(H,18,24)(H,19,22)(H,20,23)(H,25,26). The van der Waals surface area contributed by atoms with Crippen molar-refractivity contribution in [3.8, 4) is 0 Å². The minimum Gasteiger partial charge on any atom is -0.480 e. The molecule has 7 N–H and O–H groups in total. The van der Waals surface area contributed by atoms with Crippen LogP contribution in [-0.4, -0.2) is 69.9 Å². The third-order valence-electron chi connectivity index (χ3n) is 4.12. The van der Waals surface area contributed by atoms with Crippen molar-refractivity contribution in [3.05, 3.63) is 0 Å². The van der Waals surface area contributed by atoms with E-state index in [2.05, 4.69) is 28.6 Å². The van der Waals surface area contributed by atoms with E-state index in [1.54, 1.807) is 6.92 Å². The average molecular weight is 407 g/mol. The summed E-state index contributed by atoms with van der Waals surface area (Å²) in [6, 6.07) is -4.48. The number of carbonyl (C=O) groups is 4. The molecule has 27 heavy (non-hydrogen) atoms. The molecule has 6 unspecified atom stereocenters. The predicted molar refractivity (Wildman–Crippen MR) is 102 cm³/mol. The van der Waals surface area contributed by atoms with E-state index in [0.29, 0.717) is 6.42 Å². The average Bonchev–Trinajstić information content (AvgIpc) is 2.61. The fraction of sp³-hybridized carbons (Fsp3) is 0.750. The van der Waals surface area contributed by atoms with Crippen LogP contribution in [0.1, 0.15) is 34.1 Å². The number of rotatable bonds is 11. The minimum atomic E-state index is -1.39. The van der Waals surface area contributed by atoms with Gasteiger partial charge in [-0.15, -0.1) is 0 Å². The van der Waals surface area contributed by atoms with E-state index in [0.717, 1.165) is 0 Å². The van der Waals surface area contributed by atoms with Crippen LogP contribution in [0.2, 0.25) is 0 Å². The number of nitrogens with two attached hydrogens (primary N) is 1. The van der Waals surface area contributed by atoms with Crippen LogP contribution in [0.3, 0.4) is 0 Å². The van der Waals surface area contributed by atoms with Crippen molar-refractivity contribution in [2.24, 2.45) is 11.7 Å². The van der Waals surface area contributed by atoms with Crippen molar-refractivity contribution in [1.82, 2.24) is 16.0 Å². The summed E-state index contributed by atoms with van der Waals surface area (Å²) >= 11 is 3.94. The van der Waals surface area contributed by atoms with Gasteiger partial charge in [-0.1, -0.05) is 20.3 Å². The summed E-state index contributed by atoms with van der Waals surface area (Å²) in [7, 11) is 0. The Morgan fingerprint density at radius 2 is 1.44 bits per heavy atom. The quantitative estimate of drug-likeness (QED) is 0.199. The van der Waals surface area contributed by atoms with Crippen LogP contribution in [0.25, 0.3) is 0 Å². The van der Waals surface area contributed by atoms with Crippen molar-refractivity contribution in [3.63, 3.8) is 0 Å². The molecule has 0 aromatic heterocycles. The van der Waals surface area contributed by atoms with E-state index in [9.17, 15) is 24.3 Å². The van der Waals surface area contributed by atoms with Crippen LogP contribution in [0.5, 0.6) is 0 Å². The topological polar surface area (TPSA) is 171 Å². The molecule has 3 amide bonds. The van der Waals surface area contributed by atoms with Crippen molar-refractivity contribution in [2.45, 2.75) is 64.4 Å². The molecule has 6 atom stereocenters. The van der Waals surface area contributed by atoms with Crippen LogP contribution in [0.15, 0.2) is 0 Å². The van der Waals surface area contributed by atoms with Crippen LogP contribution < -0.4 is 21.7 Å². The summed E-state index contributed by atoms with van der Waals surface area (Å²) in [4.78, 5) is 47.7. The number of carbonyl (C=O) groups excluding carboxylic acids is 3. The zero-order chi connectivity index (χ0) is 21.3. The first-order valence-corrected chi connectivity index (χ1v) is 9.27. The first kappa shape index (κ1) is 25.1. The molecule has 11 heteroatoms. The van der Waals surface area contributed by atoms with Crippen molar-refractivity contribution >= 4 is 36.3 Å². The van der Waals surface area contributed by atoms with Gasteiger partial charge in [0.05, 0.1) is 12.1 Å². The summed E-state index contributed by atoms with van der Waals surface area (Å²) in [5.74, 6) is -3.56. The van der Waals surface area contributed by atoms with E-state index in [1.807, 2.05) is 6.92 Å². The summed E-state index contributed by atoms with van der Waals surface area (Å²) in [6.45, 7) is 6.09. The Kier molecular flexibility index (Phi) is 11.0. The highest BCUT2D eigenvalue weighted by molar-refractivity contribution is 7.80. The Balaban J connectivity index is 5.30. The molecular formula is C16H30N4O6S. The lowest BCUT2D eigenvalue weighted by Gasteiger charge is -2.28. The molecule has 0 aromatic carbocycles. The summed E-state index contributed by atoms with van der Waals surface area (Å²) < 4.78 is 0. The lowest BCUT2D eigenvalue weighted by atomic mass is 9.97. The molecule has 0 heterocycles. The van der Waals surface area contributed by atoms with Crippen molar-refractivity contribution < 1.29 is 29.4 Å². The number of aliphatic carboxylic acids is 1. The van der Waals surface area contributed by atoms with Gasteiger partial charge in [0.2, 0.25) is 17.7 Å². The van der Waals surface area contributed by atoms with E-state index in [1.165, 1.54) is 13.8 Å². The molecule has 0 saturated carbocycles. The van der Waals surface area contributed by atoms with Gasteiger partial charge in [0.15, 0.2) is 0 Å². The summed E-state index contributed by atoms with van der Waals surface area (Å²) in [5, 5.41) is 25.8. The van der Waals surface area contributed by atoms with Gasteiger partial charge in [0, 0.05) is 5.75 Å². The number of nitrogens with one attached hydrogen (secondary N) is 3. The molecule has 0 rings (SSSR count). The van der Waals surface area contributed by atoms with Crippen LogP contribution in [-0.2, 0) is 19.2 Å². The maximum absolute atomic E-state index is 12.6. The van der Waals surface area contributed by atoms with Gasteiger partial charge in [-0.25, -0.2) is 0 Å². The number of carboxylic acid groups (broad SMARTS) is 1. The number of thiol groups is 1. The highest BCUT2D eigenvalue weighted by Crippen LogP contribution is 2.09. The molecule has 0 aliphatic rings. The predicted octanol–water partition coefficient (Wildman–Crippen LogP) is -1.77. The summed E-state index contributed by atoms with van der Waals surface area (Å²) in [5.41, 5.74) is 5.61. The minimum absolute atomic E-state index is 0.0897. The number of amides is 3. The van der Waals surface area contributed by atoms with E-state index in [-0.39, 0.29) is 11.7 Å². The van der Waals surface area contributed by atoms with E-state index < -0.39 is 54.0 Å². The number of hydrogen-bond donors (Lipinski definition) is 7. The lowest BCUT2D eigenvalue weighted by Crippen LogP contribution is -2.60. The molecule has 0 saturated heterocycles. The monoisotopic (exact) mass is 406 g/mol. The Hall–Kier alpha value is -1.85. The zero-order valence-electron chi connectivity index (χ0n) is 15.9. The van der Waals surface area contributed by atoms with Gasteiger partial charge in [-0.3, -0.25) is 19.2 Å². The molecule has 0 radical (unpaired) electrons. The number of hydrogen-bond acceptors (Lipinski definition) is 7. The Labute approximate surface area is 164 Å². The number of aliphatic hydroxyl groups excluding tert-OH is 1. The normalized spacial score (nSPS) is 17.6. The van der Waals surface area contributed by atoms with Crippen LogP contribution >= 0.6 is 12.6 Å². The van der Waals surface area contributed by atoms with Gasteiger partial charge >= 0.3 is 5.97 Å². The fourth-order valence-electron chi connectivity index (χ4n) is 2.06. The molecule has 0 aromatic rings. The van der Waals surface area contributed by atoms with Crippen molar-refractivity contribution in [1.29, 1.82) is 0 Å². The fourth-order valence-corrected chi connectivity index (χ4v) is 2.22. The number of aliphatic hydroxyl groups is 1. The highest BCUT2D eigenvalue weighted by atomic mass is 32.1.